The predicted molar refractivity (Wildman–Crippen MR) is 77.4 cm³/mol. The lowest BCUT2D eigenvalue weighted by molar-refractivity contribution is -0.141. The summed E-state index contributed by atoms with van der Waals surface area (Å²) in [5.74, 6) is -1.33. The van der Waals surface area contributed by atoms with E-state index in [0.717, 1.165) is 44.0 Å². The predicted octanol–water partition coefficient (Wildman–Crippen LogP) is 2.73. The van der Waals surface area contributed by atoms with Gasteiger partial charge in [-0.3, -0.25) is 9.59 Å². The van der Waals surface area contributed by atoms with E-state index in [2.05, 4.69) is 15.6 Å². The van der Waals surface area contributed by atoms with Crippen LogP contribution in [0.1, 0.15) is 38.3 Å². The number of pyridine rings is 1. The molecule has 0 unspecified atom stereocenters. The molecule has 2 amide bonds. The smallest absolute Gasteiger partial charge is 0.345 e. The number of amides is 2. The summed E-state index contributed by atoms with van der Waals surface area (Å²) in [5.41, 5.74) is -1.02. The van der Waals surface area contributed by atoms with Crippen molar-refractivity contribution in [3.05, 3.63) is 24.0 Å². The Labute approximate surface area is 131 Å². The monoisotopic (exact) mass is 329 g/mol. The average molecular weight is 329 g/mol. The molecular weight excluding hydrogens is 311 g/mol. The minimum Gasteiger partial charge on any atom is -0.345 e. The summed E-state index contributed by atoms with van der Waals surface area (Å²) in [5, 5.41) is 4.93. The second kappa shape index (κ2) is 6.97. The fraction of sp³-hybridized carbons (Fsp3) is 0.533. The molecule has 1 aromatic heterocycles. The third kappa shape index (κ3) is 4.43. The number of carbonyl (C=O) groups is 2. The zero-order chi connectivity index (χ0) is 17.0. The van der Waals surface area contributed by atoms with E-state index in [0.29, 0.717) is 5.92 Å². The van der Waals surface area contributed by atoms with E-state index in [1.165, 1.54) is 0 Å². The Balaban J connectivity index is 1.92. The number of aromatic nitrogens is 1. The molecule has 1 fully saturated rings. The molecule has 0 saturated heterocycles. The lowest BCUT2D eigenvalue weighted by Crippen LogP contribution is -2.43. The molecule has 2 atom stereocenters. The number of carbonyl (C=O) groups excluding carboxylic acids is 2. The van der Waals surface area contributed by atoms with Crippen LogP contribution in [0.15, 0.2) is 18.3 Å². The largest absolute Gasteiger partial charge is 0.433 e. The lowest BCUT2D eigenvalue weighted by atomic mass is 10.0. The first-order chi connectivity index (χ1) is 10.8. The molecule has 23 heavy (non-hydrogen) atoms. The van der Waals surface area contributed by atoms with Gasteiger partial charge in [-0.15, -0.1) is 0 Å². The van der Waals surface area contributed by atoms with Crippen molar-refractivity contribution in [2.75, 3.05) is 5.32 Å². The van der Waals surface area contributed by atoms with Crippen molar-refractivity contribution in [1.29, 1.82) is 0 Å². The highest BCUT2D eigenvalue weighted by Crippen LogP contribution is 2.28. The Morgan fingerprint density at radius 1 is 1.26 bits per heavy atom. The quantitative estimate of drug-likeness (QED) is 0.838. The summed E-state index contributed by atoms with van der Waals surface area (Å²) in [6.45, 7) is 2.03. The summed E-state index contributed by atoms with van der Waals surface area (Å²) in [4.78, 5) is 26.9. The molecule has 8 heteroatoms. The first kappa shape index (κ1) is 17.2. The van der Waals surface area contributed by atoms with E-state index in [1.54, 1.807) is 0 Å². The van der Waals surface area contributed by atoms with Crippen molar-refractivity contribution in [3.8, 4) is 0 Å². The van der Waals surface area contributed by atoms with Crippen molar-refractivity contribution in [2.24, 2.45) is 5.92 Å². The van der Waals surface area contributed by atoms with Gasteiger partial charge in [0.25, 0.3) is 0 Å². The molecule has 1 heterocycles. The van der Waals surface area contributed by atoms with Crippen LogP contribution >= 0.6 is 0 Å². The van der Waals surface area contributed by atoms with Crippen LogP contribution in [0.5, 0.6) is 0 Å². The highest BCUT2D eigenvalue weighted by atomic mass is 19.4. The summed E-state index contributed by atoms with van der Waals surface area (Å²) in [7, 11) is 0. The van der Waals surface area contributed by atoms with Gasteiger partial charge in [-0.25, -0.2) is 4.98 Å². The molecule has 0 aliphatic heterocycles. The molecule has 0 spiro atoms. The molecule has 0 radical (unpaired) electrons. The van der Waals surface area contributed by atoms with Crippen molar-refractivity contribution in [3.63, 3.8) is 0 Å². The molecule has 1 saturated carbocycles. The van der Waals surface area contributed by atoms with Gasteiger partial charge in [0.2, 0.25) is 0 Å². The number of anilines is 1. The average Bonchev–Trinajstić information content (AvgIpc) is 2.94. The van der Waals surface area contributed by atoms with Gasteiger partial charge in [-0.2, -0.15) is 13.2 Å². The minimum atomic E-state index is -4.54. The summed E-state index contributed by atoms with van der Waals surface area (Å²) in [6, 6.07) is 1.78. The molecule has 2 rings (SSSR count). The first-order valence-electron chi connectivity index (χ1n) is 7.46. The molecule has 126 valence electrons. The number of hydrogen-bond donors (Lipinski definition) is 2. The highest BCUT2D eigenvalue weighted by molar-refractivity contribution is 6.39. The van der Waals surface area contributed by atoms with Crippen LogP contribution in [0, 0.1) is 5.92 Å². The van der Waals surface area contributed by atoms with Gasteiger partial charge in [0.15, 0.2) is 0 Å². The maximum atomic E-state index is 12.4. The molecular formula is C15H18F3N3O2. The maximum Gasteiger partial charge on any atom is 0.433 e. The Hall–Kier alpha value is -2.12. The molecule has 0 aromatic carbocycles. The van der Waals surface area contributed by atoms with Crippen molar-refractivity contribution in [2.45, 2.75) is 44.8 Å². The molecule has 1 aliphatic carbocycles. The number of nitrogens with one attached hydrogen (secondary N) is 2. The van der Waals surface area contributed by atoms with Gasteiger partial charge >= 0.3 is 18.0 Å². The fourth-order valence-electron chi connectivity index (χ4n) is 2.77. The van der Waals surface area contributed by atoms with Gasteiger partial charge in [0, 0.05) is 6.04 Å². The van der Waals surface area contributed by atoms with Gasteiger partial charge in [-0.05, 0) is 30.9 Å². The van der Waals surface area contributed by atoms with Gasteiger partial charge in [-0.1, -0.05) is 19.8 Å². The second-order valence-corrected chi connectivity index (χ2v) is 5.56. The zero-order valence-electron chi connectivity index (χ0n) is 12.6. The molecule has 1 aromatic rings. The van der Waals surface area contributed by atoms with E-state index in [-0.39, 0.29) is 11.7 Å². The Kier molecular flexibility index (Phi) is 5.23. The zero-order valence-corrected chi connectivity index (χ0v) is 12.6. The maximum absolute atomic E-state index is 12.4. The second-order valence-electron chi connectivity index (χ2n) is 5.56. The van der Waals surface area contributed by atoms with E-state index in [9.17, 15) is 22.8 Å². The van der Waals surface area contributed by atoms with Gasteiger partial charge < -0.3 is 10.6 Å². The fourth-order valence-corrected chi connectivity index (χ4v) is 2.77. The van der Waals surface area contributed by atoms with Crippen LogP contribution in [0.3, 0.4) is 0 Å². The molecule has 1 aliphatic rings. The van der Waals surface area contributed by atoms with E-state index in [1.807, 2.05) is 6.92 Å². The number of rotatable bonds is 3. The number of halogens is 3. The van der Waals surface area contributed by atoms with E-state index >= 15 is 0 Å². The third-order valence-electron chi connectivity index (χ3n) is 4.02. The number of nitrogens with zero attached hydrogens (tertiary/aromatic N) is 1. The molecule has 2 N–H and O–H groups in total. The van der Waals surface area contributed by atoms with Crippen LogP contribution in [0.4, 0.5) is 18.9 Å². The number of alkyl halides is 3. The Bertz CT molecular complexity index is 572. The van der Waals surface area contributed by atoms with Crippen molar-refractivity contribution < 1.29 is 22.8 Å². The number of hydrogen-bond acceptors (Lipinski definition) is 3. The highest BCUT2D eigenvalue weighted by Gasteiger charge is 2.32. The summed E-state index contributed by atoms with van der Waals surface area (Å²) >= 11 is 0. The van der Waals surface area contributed by atoms with E-state index < -0.39 is 23.7 Å². The third-order valence-corrected chi connectivity index (χ3v) is 4.02. The van der Waals surface area contributed by atoms with Crippen molar-refractivity contribution in [1.82, 2.24) is 10.3 Å². The van der Waals surface area contributed by atoms with Crippen LogP contribution in [0.2, 0.25) is 0 Å². The van der Waals surface area contributed by atoms with Crippen LogP contribution < -0.4 is 10.6 Å². The van der Waals surface area contributed by atoms with Gasteiger partial charge in [0.05, 0.1) is 11.9 Å². The van der Waals surface area contributed by atoms with Crippen molar-refractivity contribution >= 4 is 17.5 Å². The standard InChI is InChI=1S/C15H18F3N3O2/c1-2-9-4-3-5-11(9)21-14(23)13(22)20-10-6-7-12(19-8-10)15(16,17)18/h6-9,11H,2-5H2,1H3,(H,20,22)(H,21,23)/t9-,11+/m0/s1. The SMILES string of the molecule is CC[C@H]1CCC[C@H]1NC(=O)C(=O)Nc1ccc(C(F)(F)F)nc1. The molecule has 5 nitrogen and oxygen atoms in total. The molecule has 0 bridgehead atoms. The summed E-state index contributed by atoms with van der Waals surface area (Å²) < 4.78 is 37.2. The first-order valence-corrected chi connectivity index (χ1v) is 7.46. The van der Waals surface area contributed by atoms with Gasteiger partial charge in [0.1, 0.15) is 5.69 Å². The van der Waals surface area contributed by atoms with Crippen LogP contribution in [0.25, 0.3) is 0 Å². The lowest BCUT2D eigenvalue weighted by Gasteiger charge is -2.19. The normalized spacial score (nSPS) is 21.0. The topological polar surface area (TPSA) is 71.1 Å². The Morgan fingerprint density at radius 2 is 2.00 bits per heavy atom. The Morgan fingerprint density at radius 3 is 2.57 bits per heavy atom. The van der Waals surface area contributed by atoms with Crippen LogP contribution in [-0.4, -0.2) is 22.8 Å². The van der Waals surface area contributed by atoms with E-state index in [4.69, 9.17) is 0 Å². The summed E-state index contributed by atoms with van der Waals surface area (Å²) in [6.07, 6.45) is 0.116. The minimum absolute atomic E-state index is 0.0241. The van der Waals surface area contributed by atoms with Crippen LogP contribution in [-0.2, 0) is 15.8 Å².